The Morgan fingerprint density at radius 3 is 2.53 bits per heavy atom. The van der Waals surface area contributed by atoms with Gasteiger partial charge < -0.3 is 31.0 Å². The van der Waals surface area contributed by atoms with E-state index in [1.807, 2.05) is 44.2 Å². The molecule has 2 atom stereocenters. The number of hydrogen-bond donors (Lipinski definition) is 4. The lowest BCUT2D eigenvalue weighted by atomic mass is 9.89. The van der Waals surface area contributed by atoms with E-state index >= 15 is 0 Å². The van der Waals surface area contributed by atoms with Gasteiger partial charge in [0.05, 0.1) is 23.3 Å². The molecule has 1 aromatic heterocycles. The molecule has 0 unspecified atom stereocenters. The molecule has 3 rings (SSSR count). The van der Waals surface area contributed by atoms with Gasteiger partial charge in [0.2, 0.25) is 10.0 Å². The van der Waals surface area contributed by atoms with Gasteiger partial charge in [-0.15, -0.1) is 0 Å². The summed E-state index contributed by atoms with van der Waals surface area (Å²) in [7, 11) is -4.05. The van der Waals surface area contributed by atoms with Gasteiger partial charge in [-0.25, -0.2) is 13.2 Å². The summed E-state index contributed by atoms with van der Waals surface area (Å²) in [5, 5.41) is 14.0. The number of rotatable bonds is 13. The molecule has 10 nitrogen and oxygen atoms in total. The molecule has 0 aliphatic carbocycles. The highest BCUT2D eigenvalue weighted by molar-refractivity contribution is 7.89. The van der Waals surface area contributed by atoms with Gasteiger partial charge in [-0.05, 0) is 48.6 Å². The Morgan fingerprint density at radius 1 is 1.16 bits per heavy atom. The largest absolute Gasteiger partial charge is 0.469 e. The van der Waals surface area contributed by atoms with Crippen molar-refractivity contribution in [3.05, 3.63) is 78.8 Å². The standard InChI is InChI=1S/C27H36N4O6S/c1-27(2,12-13-28)19-31(38(34,35)23-10-6-9-21(29)16-23)17-25(32)24(15-20-7-4-3-5-8-20)30-26(33)37-22-11-14-36-18-22/h3-11,14,16,18,24-25,32H,12-13,15,17,19,28-29H2,1-2H3,(H,30,33)/t24-,25-/m0/s1. The van der Waals surface area contributed by atoms with Gasteiger partial charge in [0, 0.05) is 24.8 Å². The van der Waals surface area contributed by atoms with Crippen molar-refractivity contribution in [3.63, 3.8) is 0 Å². The molecule has 0 fully saturated rings. The lowest BCUT2D eigenvalue weighted by Crippen LogP contribution is -2.52. The zero-order valence-electron chi connectivity index (χ0n) is 21.6. The van der Waals surface area contributed by atoms with Crippen LogP contribution in [0.4, 0.5) is 10.5 Å². The van der Waals surface area contributed by atoms with E-state index in [4.69, 9.17) is 20.6 Å². The van der Waals surface area contributed by atoms with Gasteiger partial charge in [-0.3, -0.25) is 0 Å². The summed E-state index contributed by atoms with van der Waals surface area (Å²) in [5.74, 6) is 0.199. The monoisotopic (exact) mass is 544 g/mol. The van der Waals surface area contributed by atoms with Crippen LogP contribution < -0.4 is 21.5 Å². The van der Waals surface area contributed by atoms with Crippen LogP contribution in [0.5, 0.6) is 5.75 Å². The Labute approximate surface area is 223 Å². The molecule has 1 amide bonds. The number of aliphatic hydroxyl groups excluding tert-OH is 1. The first kappa shape index (κ1) is 29.2. The molecule has 206 valence electrons. The summed E-state index contributed by atoms with van der Waals surface area (Å²) >= 11 is 0. The highest BCUT2D eigenvalue weighted by atomic mass is 32.2. The second-order valence-electron chi connectivity index (χ2n) is 9.93. The Bertz CT molecular complexity index is 1270. The Morgan fingerprint density at radius 2 is 1.89 bits per heavy atom. The van der Waals surface area contributed by atoms with Crippen molar-refractivity contribution in [2.75, 3.05) is 25.4 Å². The van der Waals surface area contributed by atoms with Crippen LogP contribution in [0.25, 0.3) is 0 Å². The minimum atomic E-state index is -4.05. The predicted molar refractivity (Wildman–Crippen MR) is 145 cm³/mol. The molecule has 6 N–H and O–H groups in total. The molecule has 0 radical (unpaired) electrons. The highest BCUT2D eigenvalue weighted by Gasteiger charge is 2.34. The number of ether oxygens (including phenoxy) is 1. The Hall–Kier alpha value is -3.38. The lowest BCUT2D eigenvalue weighted by molar-refractivity contribution is 0.0918. The van der Waals surface area contributed by atoms with Crippen molar-refractivity contribution in [1.29, 1.82) is 0 Å². The third-order valence-electron chi connectivity index (χ3n) is 6.08. The van der Waals surface area contributed by atoms with Crippen molar-refractivity contribution in [2.24, 2.45) is 11.1 Å². The van der Waals surface area contributed by atoms with Crippen LogP contribution in [0.3, 0.4) is 0 Å². The average Bonchev–Trinajstić information content (AvgIpc) is 3.36. The Kier molecular flexibility index (Phi) is 9.92. The van der Waals surface area contributed by atoms with E-state index in [2.05, 4.69) is 5.32 Å². The maximum atomic E-state index is 13.7. The van der Waals surface area contributed by atoms with Crippen LogP contribution in [0, 0.1) is 5.41 Å². The molecule has 1 heterocycles. The smallest absolute Gasteiger partial charge is 0.413 e. The molecule has 0 spiro atoms. The minimum absolute atomic E-state index is 0.0141. The van der Waals surface area contributed by atoms with Crippen molar-refractivity contribution >= 4 is 21.8 Å². The van der Waals surface area contributed by atoms with Crippen LogP contribution >= 0.6 is 0 Å². The summed E-state index contributed by atoms with van der Waals surface area (Å²) in [6.07, 6.45) is 1.34. The number of amides is 1. The van der Waals surface area contributed by atoms with Gasteiger partial charge in [-0.1, -0.05) is 50.2 Å². The van der Waals surface area contributed by atoms with E-state index < -0.39 is 33.7 Å². The third kappa shape index (κ3) is 8.32. The number of carbonyl (C=O) groups excluding carboxylic acids is 1. The van der Waals surface area contributed by atoms with Crippen molar-refractivity contribution in [3.8, 4) is 5.75 Å². The quantitative estimate of drug-likeness (QED) is 0.239. The van der Waals surface area contributed by atoms with Crippen molar-refractivity contribution < 1.29 is 27.5 Å². The highest BCUT2D eigenvalue weighted by Crippen LogP contribution is 2.27. The average molecular weight is 545 g/mol. The van der Waals surface area contributed by atoms with Crippen molar-refractivity contribution in [1.82, 2.24) is 9.62 Å². The molecule has 0 bridgehead atoms. The first-order chi connectivity index (χ1) is 18.0. The second-order valence-corrected chi connectivity index (χ2v) is 11.9. The van der Waals surface area contributed by atoms with E-state index in [0.717, 1.165) is 5.56 Å². The molecule has 0 saturated heterocycles. The van der Waals surface area contributed by atoms with Crippen LogP contribution in [-0.4, -0.2) is 55.7 Å². The van der Waals surface area contributed by atoms with Crippen LogP contribution in [0.1, 0.15) is 25.8 Å². The maximum Gasteiger partial charge on any atom is 0.413 e. The summed E-state index contributed by atoms with van der Waals surface area (Å²) in [6.45, 7) is 4.01. The van der Waals surface area contributed by atoms with Gasteiger partial charge >= 0.3 is 6.09 Å². The van der Waals surface area contributed by atoms with Crippen LogP contribution in [0.15, 0.2) is 82.5 Å². The molecule has 38 heavy (non-hydrogen) atoms. The number of nitrogens with one attached hydrogen (secondary N) is 1. The molecule has 0 saturated carbocycles. The number of benzene rings is 2. The number of nitrogens with zero attached hydrogens (tertiary/aromatic N) is 1. The SMILES string of the molecule is CC(C)(CCN)CN(C[C@H](O)[C@H](Cc1ccccc1)NC(=O)Oc1ccoc1)S(=O)(=O)c1cccc(N)c1. The van der Waals surface area contributed by atoms with Gasteiger partial charge in [-0.2, -0.15) is 4.31 Å². The fourth-order valence-corrected chi connectivity index (χ4v) is 5.81. The molecule has 2 aromatic carbocycles. The van der Waals surface area contributed by atoms with E-state index in [0.29, 0.717) is 18.7 Å². The molecular weight excluding hydrogens is 508 g/mol. The molecule has 11 heteroatoms. The van der Waals surface area contributed by atoms with Crippen LogP contribution in [0.2, 0.25) is 0 Å². The summed E-state index contributed by atoms with van der Waals surface area (Å²) < 4.78 is 38.8. The zero-order valence-corrected chi connectivity index (χ0v) is 22.4. The van der Waals surface area contributed by atoms with Crippen molar-refractivity contribution in [2.45, 2.75) is 43.7 Å². The third-order valence-corrected chi connectivity index (χ3v) is 7.89. The first-order valence-corrected chi connectivity index (χ1v) is 13.7. The minimum Gasteiger partial charge on any atom is -0.469 e. The zero-order chi connectivity index (χ0) is 27.8. The number of hydrogen-bond acceptors (Lipinski definition) is 8. The number of carbonyl (C=O) groups is 1. The van der Waals surface area contributed by atoms with E-state index in [1.165, 1.54) is 35.0 Å². The van der Waals surface area contributed by atoms with Gasteiger partial charge in [0.1, 0.15) is 6.26 Å². The van der Waals surface area contributed by atoms with E-state index in [-0.39, 0.29) is 30.2 Å². The number of furan rings is 1. The predicted octanol–water partition coefficient (Wildman–Crippen LogP) is 2.99. The molecule has 0 aliphatic rings. The fraction of sp³-hybridized carbons (Fsp3) is 0.370. The maximum absolute atomic E-state index is 13.7. The van der Waals surface area contributed by atoms with E-state index in [9.17, 15) is 18.3 Å². The van der Waals surface area contributed by atoms with E-state index in [1.54, 1.807) is 12.1 Å². The Balaban J connectivity index is 1.89. The number of nitrogens with two attached hydrogens (primary N) is 2. The molecule has 0 aliphatic heterocycles. The number of sulfonamides is 1. The number of anilines is 1. The first-order valence-electron chi connectivity index (χ1n) is 12.3. The fourth-order valence-electron chi connectivity index (χ4n) is 4.10. The number of aliphatic hydroxyl groups is 1. The van der Waals surface area contributed by atoms with Crippen LogP contribution in [-0.2, 0) is 16.4 Å². The summed E-state index contributed by atoms with van der Waals surface area (Å²) in [4.78, 5) is 12.6. The molecular formula is C27H36N4O6S. The molecule has 3 aromatic rings. The topological polar surface area (TPSA) is 161 Å². The van der Waals surface area contributed by atoms with Gasteiger partial charge in [0.15, 0.2) is 5.75 Å². The number of nitrogen functional groups attached to an aromatic ring is 1. The summed E-state index contributed by atoms with van der Waals surface area (Å²) in [5.41, 5.74) is 12.3. The lowest BCUT2D eigenvalue weighted by Gasteiger charge is -2.35. The van der Waals surface area contributed by atoms with Gasteiger partial charge in [0.25, 0.3) is 0 Å². The second kappa shape index (κ2) is 12.9. The summed E-state index contributed by atoms with van der Waals surface area (Å²) in [6, 6.07) is 15.9. The normalized spacial score (nSPS) is 13.7.